The molecule has 3 rings (SSSR count). The number of carbonyl (C=O) groups is 1. The molecule has 1 atom stereocenters. The van der Waals surface area contributed by atoms with Gasteiger partial charge in [0.05, 0.1) is 32.4 Å². The van der Waals surface area contributed by atoms with E-state index in [1.54, 1.807) is 32.4 Å². The molecule has 7 nitrogen and oxygen atoms in total. The molecule has 0 aliphatic carbocycles. The molecule has 30 heavy (non-hydrogen) atoms. The normalized spacial score (nSPS) is 15.7. The van der Waals surface area contributed by atoms with Crippen molar-refractivity contribution in [2.45, 2.75) is 19.9 Å². The van der Waals surface area contributed by atoms with E-state index in [1.165, 1.54) is 0 Å². The van der Waals surface area contributed by atoms with Crippen LogP contribution >= 0.6 is 12.2 Å². The van der Waals surface area contributed by atoms with E-state index in [0.717, 1.165) is 11.3 Å². The predicted octanol–water partition coefficient (Wildman–Crippen LogP) is 3.53. The number of thiocarbonyl (C=S) groups is 1. The van der Waals surface area contributed by atoms with Gasteiger partial charge in [-0.3, -0.25) is 4.79 Å². The Morgan fingerprint density at radius 3 is 2.43 bits per heavy atom. The average molecular weight is 428 g/mol. The van der Waals surface area contributed by atoms with Crippen LogP contribution in [-0.2, 0) is 4.79 Å². The summed E-state index contributed by atoms with van der Waals surface area (Å²) in [6.45, 7) is 4.33. The topological polar surface area (TPSA) is 80.9 Å². The van der Waals surface area contributed by atoms with Gasteiger partial charge in [-0.15, -0.1) is 0 Å². The minimum atomic E-state index is -0.484. The fraction of sp³-hybridized carbons (Fsp3) is 0.273. The molecule has 1 unspecified atom stereocenters. The Kier molecular flexibility index (Phi) is 6.79. The van der Waals surface area contributed by atoms with Crippen LogP contribution in [0.2, 0.25) is 0 Å². The van der Waals surface area contributed by atoms with E-state index in [1.807, 2.05) is 38.1 Å². The number of methoxy groups -OCH3 is 2. The number of allylic oxidation sites excluding steroid dienone is 1. The fourth-order valence-electron chi connectivity index (χ4n) is 3.28. The van der Waals surface area contributed by atoms with Gasteiger partial charge in [0.2, 0.25) is 0 Å². The van der Waals surface area contributed by atoms with E-state index in [-0.39, 0.29) is 5.91 Å². The van der Waals surface area contributed by atoms with E-state index < -0.39 is 6.04 Å². The van der Waals surface area contributed by atoms with Crippen molar-refractivity contribution in [2.75, 3.05) is 26.1 Å². The zero-order chi connectivity index (χ0) is 21.7. The molecule has 0 saturated carbocycles. The quantitative estimate of drug-likeness (QED) is 0.583. The fourth-order valence-corrected chi connectivity index (χ4v) is 3.56. The van der Waals surface area contributed by atoms with Crippen molar-refractivity contribution in [3.63, 3.8) is 0 Å². The highest BCUT2D eigenvalue weighted by atomic mass is 32.1. The summed E-state index contributed by atoms with van der Waals surface area (Å²) in [4.78, 5) is 13.2. The Morgan fingerprint density at radius 2 is 1.80 bits per heavy atom. The average Bonchev–Trinajstić information content (AvgIpc) is 2.74. The minimum Gasteiger partial charge on any atom is -0.497 e. The maximum absolute atomic E-state index is 13.2. The molecule has 0 saturated heterocycles. The molecular formula is C22H25N3O4S. The summed E-state index contributed by atoms with van der Waals surface area (Å²) in [5.41, 5.74) is 2.63. The number of benzene rings is 2. The minimum absolute atomic E-state index is 0.248. The number of hydrogen-bond donors (Lipinski definition) is 3. The lowest BCUT2D eigenvalue weighted by Crippen LogP contribution is -2.45. The monoisotopic (exact) mass is 427 g/mol. The molecule has 158 valence electrons. The van der Waals surface area contributed by atoms with Gasteiger partial charge < -0.3 is 30.2 Å². The van der Waals surface area contributed by atoms with E-state index in [9.17, 15) is 4.79 Å². The Bertz CT molecular complexity index is 973. The first kappa shape index (κ1) is 21.4. The Labute approximate surface area is 181 Å². The van der Waals surface area contributed by atoms with Crippen molar-refractivity contribution in [2.24, 2.45) is 0 Å². The number of anilines is 1. The smallest absolute Gasteiger partial charge is 0.255 e. The van der Waals surface area contributed by atoms with Crippen molar-refractivity contribution >= 4 is 28.9 Å². The number of nitrogens with one attached hydrogen (secondary N) is 3. The van der Waals surface area contributed by atoms with Crippen molar-refractivity contribution in [3.8, 4) is 17.2 Å². The molecule has 1 amide bonds. The van der Waals surface area contributed by atoms with Crippen LogP contribution in [0.3, 0.4) is 0 Å². The van der Waals surface area contributed by atoms with Gasteiger partial charge in [-0.25, -0.2) is 0 Å². The van der Waals surface area contributed by atoms with Crippen LogP contribution in [-0.4, -0.2) is 31.8 Å². The SMILES string of the molecule is CCOc1ccc(NC(=O)C2=C(C)NC(=S)NC2c2ccc(OC)cc2OC)cc1. The van der Waals surface area contributed by atoms with Crippen LogP contribution in [0.1, 0.15) is 25.5 Å². The molecule has 0 radical (unpaired) electrons. The highest BCUT2D eigenvalue weighted by Crippen LogP contribution is 2.35. The van der Waals surface area contributed by atoms with E-state index >= 15 is 0 Å². The summed E-state index contributed by atoms with van der Waals surface area (Å²) in [5.74, 6) is 1.75. The summed E-state index contributed by atoms with van der Waals surface area (Å²) in [6, 6.07) is 12.2. The molecule has 2 aromatic rings. The number of ether oxygens (including phenoxy) is 3. The van der Waals surface area contributed by atoms with Crippen molar-refractivity contribution < 1.29 is 19.0 Å². The number of hydrogen-bond acceptors (Lipinski definition) is 5. The summed E-state index contributed by atoms with van der Waals surface area (Å²) in [5, 5.41) is 9.60. The number of amides is 1. The van der Waals surface area contributed by atoms with Gasteiger partial charge in [0.15, 0.2) is 5.11 Å². The predicted molar refractivity (Wildman–Crippen MR) is 120 cm³/mol. The van der Waals surface area contributed by atoms with E-state index in [4.69, 9.17) is 26.4 Å². The summed E-state index contributed by atoms with van der Waals surface area (Å²) in [6.07, 6.45) is 0. The largest absolute Gasteiger partial charge is 0.497 e. The van der Waals surface area contributed by atoms with Gasteiger partial charge in [-0.1, -0.05) is 0 Å². The first-order chi connectivity index (χ1) is 14.5. The zero-order valence-corrected chi connectivity index (χ0v) is 18.2. The number of carbonyl (C=O) groups excluding carboxylic acids is 1. The third kappa shape index (κ3) is 4.65. The molecule has 3 N–H and O–H groups in total. The highest BCUT2D eigenvalue weighted by molar-refractivity contribution is 7.80. The molecular weight excluding hydrogens is 402 g/mol. The van der Waals surface area contributed by atoms with Gasteiger partial charge in [0.1, 0.15) is 17.2 Å². The van der Waals surface area contributed by atoms with Crippen LogP contribution < -0.4 is 30.2 Å². The molecule has 1 heterocycles. The molecule has 0 aromatic heterocycles. The maximum atomic E-state index is 13.2. The third-order valence-corrected chi connectivity index (χ3v) is 4.91. The Balaban J connectivity index is 1.93. The molecule has 0 bridgehead atoms. The second-order valence-corrected chi connectivity index (χ2v) is 7.00. The van der Waals surface area contributed by atoms with Crippen LogP contribution in [0.5, 0.6) is 17.2 Å². The lowest BCUT2D eigenvalue weighted by Gasteiger charge is -2.31. The standard InChI is InChI=1S/C22H25N3O4S/c1-5-29-15-8-6-14(7-9-15)24-21(26)19-13(2)23-22(30)25-20(19)17-11-10-16(27-3)12-18(17)28-4/h6-12,20H,5H2,1-4H3,(H,24,26)(H2,23,25,30). The summed E-state index contributed by atoms with van der Waals surface area (Å²) < 4.78 is 16.3. The van der Waals surface area contributed by atoms with Gasteiger partial charge in [0.25, 0.3) is 5.91 Å². The van der Waals surface area contributed by atoms with E-state index in [2.05, 4.69) is 16.0 Å². The molecule has 1 aliphatic heterocycles. The lowest BCUT2D eigenvalue weighted by molar-refractivity contribution is -0.113. The van der Waals surface area contributed by atoms with E-state index in [0.29, 0.717) is 40.2 Å². The Morgan fingerprint density at radius 1 is 1.10 bits per heavy atom. The molecule has 0 spiro atoms. The van der Waals surface area contributed by atoms with Crippen LogP contribution in [0, 0.1) is 0 Å². The second kappa shape index (κ2) is 9.49. The van der Waals surface area contributed by atoms with Crippen molar-refractivity contribution in [3.05, 3.63) is 59.3 Å². The van der Waals surface area contributed by atoms with Gasteiger partial charge in [-0.2, -0.15) is 0 Å². The molecule has 0 fully saturated rings. The van der Waals surface area contributed by atoms with Crippen LogP contribution in [0.4, 0.5) is 5.69 Å². The van der Waals surface area contributed by atoms with Crippen LogP contribution in [0.25, 0.3) is 0 Å². The zero-order valence-electron chi connectivity index (χ0n) is 17.4. The van der Waals surface area contributed by atoms with Gasteiger partial charge >= 0.3 is 0 Å². The van der Waals surface area contributed by atoms with Gasteiger partial charge in [0, 0.05) is 23.0 Å². The third-order valence-electron chi connectivity index (χ3n) is 4.69. The van der Waals surface area contributed by atoms with Crippen LogP contribution in [0.15, 0.2) is 53.7 Å². The summed E-state index contributed by atoms with van der Waals surface area (Å²) in [7, 11) is 3.17. The highest BCUT2D eigenvalue weighted by Gasteiger charge is 2.32. The van der Waals surface area contributed by atoms with Crippen molar-refractivity contribution in [1.82, 2.24) is 10.6 Å². The maximum Gasteiger partial charge on any atom is 0.255 e. The first-order valence-electron chi connectivity index (χ1n) is 9.51. The summed E-state index contributed by atoms with van der Waals surface area (Å²) >= 11 is 5.33. The van der Waals surface area contributed by atoms with Gasteiger partial charge in [-0.05, 0) is 62.5 Å². The lowest BCUT2D eigenvalue weighted by atomic mass is 9.94. The second-order valence-electron chi connectivity index (χ2n) is 6.59. The molecule has 2 aromatic carbocycles. The Hall–Kier alpha value is -3.26. The number of rotatable bonds is 7. The van der Waals surface area contributed by atoms with Crippen molar-refractivity contribution in [1.29, 1.82) is 0 Å². The first-order valence-corrected chi connectivity index (χ1v) is 9.92. The molecule has 1 aliphatic rings. The molecule has 8 heteroatoms.